The van der Waals surface area contributed by atoms with Gasteiger partial charge < -0.3 is 0 Å². The molecule has 0 unspecified atom stereocenters. The Morgan fingerprint density at radius 2 is 1.92 bits per heavy atom. The maximum atomic E-state index is 12.1. The molecule has 0 saturated heterocycles. The van der Waals surface area contributed by atoms with E-state index in [9.17, 15) is 8.42 Å². The van der Waals surface area contributed by atoms with Crippen molar-refractivity contribution in [3.05, 3.63) is 59.1 Å². The molecule has 2 heterocycles. The second kappa shape index (κ2) is 7.25. The standard InChI is InChI=1S/C15H16ClN5O2S/c16-14-5-3-12(4-6-14)10-24(22,23)20-7-1-2-13-8-17-15-18-11-19-21(15)9-13/h3-6,8-9,11,20H,1-2,7,10H2. The molecule has 3 rings (SSSR count). The van der Waals surface area contributed by atoms with E-state index in [0.29, 0.717) is 35.8 Å². The monoisotopic (exact) mass is 365 g/mol. The van der Waals surface area contributed by atoms with Crippen molar-refractivity contribution >= 4 is 27.4 Å². The predicted octanol–water partition coefficient (Wildman–Crippen LogP) is 1.83. The van der Waals surface area contributed by atoms with Crippen LogP contribution < -0.4 is 4.72 Å². The number of rotatable bonds is 7. The van der Waals surface area contributed by atoms with Crippen LogP contribution in [0.2, 0.25) is 5.02 Å². The Bertz CT molecular complexity index is 924. The van der Waals surface area contributed by atoms with Gasteiger partial charge in [-0.3, -0.25) is 0 Å². The lowest BCUT2D eigenvalue weighted by molar-refractivity contribution is 0.578. The molecule has 24 heavy (non-hydrogen) atoms. The molecule has 0 fully saturated rings. The van der Waals surface area contributed by atoms with Crippen LogP contribution in [0, 0.1) is 0 Å². The van der Waals surface area contributed by atoms with Gasteiger partial charge in [0, 0.05) is 24.0 Å². The topological polar surface area (TPSA) is 89.2 Å². The van der Waals surface area contributed by atoms with Crippen molar-refractivity contribution < 1.29 is 8.42 Å². The SMILES string of the molecule is O=S(=O)(Cc1ccc(Cl)cc1)NCCCc1cnc2ncnn2c1. The minimum absolute atomic E-state index is 0.0589. The summed E-state index contributed by atoms with van der Waals surface area (Å²) >= 11 is 5.79. The Labute approximate surface area is 144 Å². The van der Waals surface area contributed by atoms with Crippen LogP contribution in [-0.2, 0) is 22.2 Å². The molecule has 0 amide bonds. The van der Waals surface area contributed by atoms with Gasteiger partial charge in [0.2, 0.25) is 10.0 Å². The molecule has 7 nitrogen and oxygen atoms in total. The molecule has 0 aliphatic heterocycles. The molecule has 1 aromatic carbocycles. The second-order valence-corrected chi connectivity index (χ2v) is 7.59. The summed E-state index contributed by atoms with van der Waals surface area (Å²) in [5.41, 5.74) is 1.68. The number of aryl methyl sites for hydroxylation is 1. The first-order valence-electron chi connectivity index (χ1n) is 7.38. The van der Waals surface area contributed by atoms with E-state index >= 15 is 0 Å². The van der Waals surface area contributed by atoms with Crippen molar-refractivity contribution in [3.63, 3.8) is 0 Å². The molecule has 0 bridgehead atoms. The number of aromatic nitrogens is 4. The second-order valence-electron chi connectivity index (χ2n) is 5.35. The largest absolute Gasteiger partial charge is 0.252 e. The van der Waals surface area contributed by atoms with Crippen molar-refractivity contribution in [3.8, 4) is 0 Å². The van der Waals surface area contributed by atoms with Gasteiger partial charge in [-0.15, -0.1) is 0 Å². The Balaban J connectivity index is 1.48. The Hall–Kier alpha value is -2.03. The number of halogens is 1. The maximum absolute atomic E-state index is 12.1. The summed E-state index contributed by atoms with van der Waals surface area (Å²) in [7, 11) is -3.36. The van der Waals surface area contributed by atoms with E-state index in [0.717, 1.165) is 5.56 Å². The lowest BCUT2D eigenvalue weighted by atomic mass is 10.2. The van der Waals surface area contributed by atoms with E-state index in [1.807, 2.05) is 6.20 Å². The van der Waals surface area contributed by atoms with Crippen LogP contribution in [0.1, 0.15) is 17.5 Å². The molecule has 1 N–H and O–H groups in total. The first kappa shape index (κ1) is 16.8. The molecule has 9 heteroatoms. The fraction of sp³-hybridized carbons (Fsp3) is 0.267. The van der Waals surface area contributed by atoms with Crippen molar-refractivity contribution in [2.75, 3.05) is 6.54 Å². The van der Waals surface area contributed by atoms with Gasteiger partial charge in [0.05, 0.1) is 5.75 Å². The summed E-state index contributed by atoms with van der Waals surface area (Å²) in [5.74, 6) is 0.485. The van der Waals surface area contributed by atoms with Gasteiger partial charge in [0.1, 0.15) is 6.33 Å². The lowest BCUT2D eigenvalue weighted by Crippen LogP contribution is -2.26. The molecule has 0 radical (unpaired) electrons. The minimum Gasteiger partial charge on any atom is -0.219 e. The summed E-state index contributed by atoms with van der Waals surface area (Å²) in [6.45, 7) is 0.366. The number of fused-ring (bicyclic) bond motifs is 1. The van der Waals surface area contributed by atoms with E-state index in [2.05, 4.69) is 19.8 Å². The molecular weight excluding hydrogens is 350 g/mol. The minimum atomic E-state index is -3.36. The van der Waals surface area contributed by atoms with Gasteiger partial charge in [-0.2, -0.15) is 10.1 Å². The zero-order chi connectivity index (χ0) is 17.0. The first-order chi connectivity index (χ1) is 11.5. The van der Waals surface area contributed by atoms with E-state index in [-0.39, 0.29) is 5.75 Å². The third-order valence-corrected chi connectivity index (χ3v) is 5.03. The van der Waals surface area contributed by atoms with Crippen LogP contribution in [0.5, 0.6) is 0 Å². The average molecular weight is 366 g/mol. The fourth-order valence-electron chi connectivity index (χ4n) is 2.26. The molecule has 3 aromatic rings. The third kappa shape index (κ3) is 4.50. The van der Waals surface area contributed by atoms with E-state index in [1.54, 1.807) is 35.0 Å². The maximum Gasteiger partial charge on any atom is 0.252 e. The normalized spacial score (nSPS) is 11.9. The highest BCUT2D eigenvalue weighted by Gasteiger charge is 2.11. The molecule has 0 atom stereocenters. The van der Waals surface area contributed by atoms with Gasteiger partial charge >= 0.3 is 0 Å². The third-order valence-electron chi connectivity index (χ3n) is 3.42. The van der Waals surface area contributed by atoms with Crippen molar-refractivity contribution in [1.82, 2.24) is 24.3 Å². The first-order valence-corrected chi connectivity index (χ1v) is 9.41. The van der Waals surface area contributed by atoms with Crippen molar-refractivity contribution in [1.29, 1.82) is 0 Å². The van der Waals surface area contributed by atoms with E-state index < -0.39 is 10.0 Å². The van der Waals surface area contributed by atoms with Gasteiger partial charge in [-0.05, 0) is 36.1 Å². The number of benzene rings is 1. The number of nitrogens with one attached hydrogen (secondary N) is 1. The quantitative estimate of drug-likeness (QED) is 0.645. The molecule has 0 saturated carbocycles. The summed E-state index contributed by atoms with van der Waals surface area (Å²) in [6.07, 6.45) is 6.38. The van der Waals surface area contributed by atoms with Gasteiger partial charge in [0.25, 0.3) is 5.78 Å². The lowest BCUT2D eigenvalue weighted by Gasteiger charge is -2.07. The van der Waals surface area contributed by atoms with Crippen LogP contribution in [0.3, 0.4) is 0 Å². The number of hydrogen-bond donors (Lipinski definition) is 1. The average Bonchev–Trinajstić information content (AvgIpc) is 3.01. The zero-order valence-corrected chi connectivity index (χ0v) is 14.3. The summed E-state index contributed by atoms with van der Waals surface area (Å²) in [6, 6.07) is 6.78. The molecule has 0 spiro atoms. The summed E-state index contributed by atoms with van der Waals surface area (Å²) in [4.78, 5) is 8.15. The van der Waals surface area contributed by atoms with Crippen LogP contribution >= 0.6 is 11.6 Å². The van der Waals surface area contributed by atoms with E-state index in [1.165, 1.54) is 6.33 Å². The molecule has 0 aliphatic carbocycles. The highest BCUT2D eigenvalue weighted by Crippen LogP contribution is 2.11. The van der Waals surface area contributed by atoms with Crippen molar-refractivity contribution in [2.24, 2.45) is 0 Å². The molecule has 126 valence electrons. The highest BCUT2D eigenvalue weighted by atomic mass is 35.5. The zero-order valence-electron chi connectivity index (χ0n) is 12.8. The highest BCUT2D eigenvalue weighted by molar-refractivity contribution is 7.88. The Kier molecular flexibility index (Phi) is 5.08. The predicted molar refractivity (Wildman–Crippen MR) is 91.2 cm³/mol. The van der Waals surface area contributed by atoms with Crippen molar-refractivity contribution in [2.45, 2.75) is 18.6 Å². The number of hydrogen-bond acceptors (Lipinski definition) is 5. The van der Waals surface area contributed by atoms with Crippen LogP contribution in [-0.4, -0.2) is 34.5 Å². The summed E-state index contributed by atoms with van der Waals surface area (Å²) in [5, 5.41) is 4.61. The molecular formula is C15H16ClN5O2S. The number of sulfonamides is 1. The van der Waals surface area contributed by atoms with Gasteiger partial charge in [0.15, 0.2) is 0 Å². The van der Waals surface area contributed by atoms with E-state index in [4.69, 9.17) is 11.6 Å². The Morgan fingerprint density at radius 1 is 1.12 bits per heavy atom. The van der Waals surface area contributed by atoms with Crippen LogP contribution in [0.15, 0.2) is 43.0 Å². The fourth-order valence-corrected chi connectivity index (χ4v) is 3.57. The summed E-state index contributed by atoms with van der Waals surface area (Å²) < 4.78 is 28.3. The Morgan fingerprint density at radius 3 is 2.71 bits per heavy atom. The molecule has 2 aromatic heterocycles. The van der Waals surface area contributed by atoms with Crippen LogP contribution in [0.4, 0.5) is 0 Å². The molecule has 0 aliphatic rings. The number of nitrogens with zero attached hydrogens (tertiary/aromatic N) is 4. The van der Waals surface area contributed by atoms with Gasteiger partial charge in [-0.1, -0.05) is 23.7 Å². The van der Waals surface area contributed by atoms with Gasteiger partial charge in [-0.25, -0.2) is 22.6 Å². The van der Waals surface area contributed by atoms with Crippen LogP contribution in [0.25, 0.3) is 5.78 Å². The smallest absolute Gasteiger partial charge is 0.219 e.